The molecule has 0 bridgehead atoms. The number of hydrogen-bond donors (Lipinski definition) is 1. The van der Waals surface area contributed by atoms with Gasteiger partial charge in [0.25, 0.3) is 0 Å². The fourth-order valence-corrected chi connectivity index (χ4v) is 1.16. The molecule has 0 aliphatic carbocycles. The lowest BCUT2D eigenvalue weighted by Crippen LogP contribution is -2.21. The molecule has 0 aromatic carbocycles. The molecule has 0 aliphatic heterocycles. The zero-order chi connectivity index (χ0) is 10.8. The Labute approximate surface area is 79.9 Å². The first-order valence-electron chi connectivity index (χ1n) is 4.18. The summed E-state index contributed by atoms with van der Waals surface area (Å²) >= 11 is 0. The number of alkyl halides is 3. The summed E-state index contributed by atoms with van der Waals surface area (Å²) in [4.78, 5) is 3.69. The van der Waals surface area contributed by atoms with E-state index in [0.29, 0.717) is 0 Å². The van der Waals surface area contributed by atoms with Crippen molar-refractivity contribution in [3.05, 3.63) is 29.6 Å². The number of halogens is 3. The van der Waals surface area contributed by atoms with E-state index in [1.807, 2.05) is 0 Å². The van der Waals surface area contributed by atoms with E-state index in [2.05, 4.69) is 4.98 Å². The van der Waals surface area contributed by atoms with Gasteiger partial charge in [0, 0.05) is 18.7 Å². The standard InChI is InChI=1S/C9H11F3N2/c1-6(13)5-8-7(9(10,11)12)3-2-4-14-8/h2-4,6H,5,13H2,1H3/t6-/m1/s1. The summed E-state index contributed by atoms with van der Waals surface area (Å²) in [5, 5.41) is 0. The first-order chi connectivity index (χ1) is 6.41. The van der Waals surface area contributed by atoms with Gasteiger partial charge in [-0.3, -0.25) is 4.98 Å². The summed E-state index contributed by atoms with van der Waals surface area (Å²) in [5.74, 6) is 0. The van der Waals surface area contributed by atoms with E-state index in [0.717, 1.165) is 6.07 Å². The molecule has 1 rings (SSSR count). The zero-order valence-electron chi connectivity index (χ0n) is 7.67. The minimum Gasteiger partial charge on any atom is -0.328 e. The van der Waals surface area contributed by atoms with Crippen molar-refractivity contribution < 1.29 is 13.2 Å². The molecule has 0 unspecified atom stereocenters. The van der Waals surface area contributed by atoms with Crippen molar-refractivity contribution in [3.8, 4) is 0 Å². The van der Waals surface area contributed by atoms with Gasteiger partial charge in [0.2, 0.25) is 0 Å². The monoisotopic (exact) mass is 204 g/mol. The Morgan fingerprint density at radius 3 is 2.64 bits per heavy atom. The highest BCUT2D eigenvalue weighted by molar-refractivity contribution is 5.23. The Hall–Kier alpha value is -1.10. The molecular formula is C9H11F3N2. The largest absolute Gasteiger partial charge is 0.418 e. The van der Waals surface area contributed by atoms with Crippen LogP contribution in [0.5, 0.6) is 0 Å². The molecule has 0 aliphatic rings. The highest BCUT2D eigenvalue weighted by atomic mass is 19.4. The van der Waals surface area contributed by atoms with Gasteiger partial charge in [0.1, 0.15) is 0 Å². The van der Waals surface area contributed by atoms with Gasteiger partial charge in [-0.1, -0.05) is 0 Å². The average Bonchev–Trinajstić information content (AvgIpc) is 2.01. The van der Waals surface area contributed by atoms with Gasteiger partial charge in [-0.15, -0.1) is 0 Å². The summed E-state index contributed by atoms with van der Waals surface area (Å²) in [6.45, 7) is 1.65. The third-order valence-electron chi connectivity index (χ3n) is 1.71. The molecule has 14 heavy (non-hydrogen) atoms. The average molecular weight is 204 g/mol. The third-order valence-corrected chi connectivity index (χ3v) is 1.71. The van der Waals surface area contributed by atoms with Gasteiger partial charge in [-0.25, -0.2) is 0 Å². The first kappa shape index (κ1) is 11.0. The summed E-state index contributed by atoms with van der Waals surface area (Å²) in [7, 11) is 0. The van der Waals surface area contributed by atoms with E-state index in [4.69, 9.17) is 5.73 Å². The Morgan fingerprint density at radius 2 is 2.14 bits per heavy atom. The van der Waals surface area contributed by atoms with Gasteiger partial charge < -0.3 is 5.73 Å². The number of hydrogen-bond acceptors (Lipinski definition) is 2. The molecular weight excluding hydrogens is 193 g/mol. The SMILES string of the molecule is C[C@@H](N)Cc1ncccc1C(F)(F)F. The number of rotatable bonds is 2. The predicted molar refractivity (Wildman–Crippen MR) is 46.6 cm³/mol. The molecule has 1 atom stereocenters. The molecule has 2 N–H and O–H groups in total. The van der Waals surface area contributed by atoms with Crippen LogP contribution in [0.4, 0.5) is 13.2 Å². The minimum atomic E-state index is -4.35. The van der Waals surface area contributed by atoms with E-state index in [-0.39, 0.29) is 18.2 Å². The molecule has 78 valence electrons. The molecule has 2 nitrogen and oxygen atoms in total. The fourth-order valence-electron chi connectivity index (χ4n) is 1.16. The van der Waals surface area contributed by atoms with Crippen molar-refractivity contribution in [2.24, 2.45) is 5.73 Å². The normalized spacial score (nSPS) is 14.1. The van der Waals surface area contributed by atoms with Crippen LogP contribution in [0.3, 0.4) is 0 Å². The second-order valence-electron chi connectivity index (χ2n) is 3.18. The third kappa shape index (κ3) is 2.70. The van der Waals surface area contributed by atoms with Gasteiger partial charge in [0.05, 0.1) is 11.3 Å². The van der Waals surface area contributed by atoms with E-state index >= 15 is 0 Å². The van der Waals surface area contributed by atoms with Crippen LogP contribution in [0.2, 0.25) is 0 Å². The molecule has 0 radical (unpaired) electrons. The van der Waals surface area contributed by atoms with Crippen LogP contribution in [0.15, 0.2) is 18.3 Å². The highest BCUT2D eigenvalue weighted by Crippen LogP contribution is 2.31. The molecule has 0 saturated carbocycles. The highest BCUT2D eigenvalue weighted by Gasteiger charge is 2.33. The van der Waals surface area contributed by atoms with Gasteiger partial charge in [-0.2, -0.15) is 13.2 Å². The van der Waals surface area contributed by atoms with E-state index in [9.17, 15) is 13.2 Å². The predicted octanol–water partition coefficient (Wildman–Crippen LogP) is 1.99. The second kappa shape index (κ2) is 3.96. The fraction of sp³-hybridized carbons (Fsp3) is 0.444. The lowest BCUT2D eigenvalue weighted by atomic mass is 10.1. The summed E-state index contributed by atoms with van der Waals surface area (Å²) in [6.07, 6.45) is -2.87. The van der Waals surface area contributed by atoms with Crippen molar-refractivity contribution in [2.75, 3.05) is 0 Å². The first-order valence-corrected chi connectivity index (χ1v) is 4.18. The van der Waals surface area contributed by atoms with E-state index in [1.165, 1.54) is 12.3 Å². The summed E-state index contributed by atoms with van der Waals surface area (Å²) in [6, 6.07) is 1.96. The van der Waals surface area contributed by atoms with Crippen LogP contribution >= 0.6 is 0 Å². The van der Waals surface area contributed by atoms with Crippen molar-refractivity contribution in [3.63, 3.8) is 0 Å². The van der Waals surface area contributed by atoms with Gasteiger partial charge in [0.15, 0.2) is 0 Å². The van der Waals surface area contributed by atoms with Gasteiger partial charge in [-0.05, 0) is 19.1 Å². The smallest absolute Gasteiger partial charge is 0.328 e. The Morgan fingerprint density at radius 1 is 1.50 bits per heavy atom. The molecule has 1 heterocycles. The summed E-state index contributed by atoms with van der Waals surface area (Å²) < 4.78 is 37.3. The van der Waals surface area contributed by atoms with Gasteiger partial charge >= 0.3 is 6.18 Å². The maximum Gasteiger partial charge on any atom is 0.418 e. The lowest BCUT2D eigenvalue weighted by Gasteiger charge is -2.12. The molecule has 0 spiro atoms. The lowest BCUT2D eigenvalue weighted by molar-refractivity contribution is -0.138. The van der Waals surface area contributed by atoms with Crippen molar-refractivity contribution >= 4 is 0 Å². The molecule has 1 aromatic rings. The number of pyridine rings is 1. The Kier molecular flexibility index (Phi) is 3.10. The van der Waals surface area contributed by atoms with E-state index < -0.39 is 11.7 Å². The maximum atomic E-state index is 12.4. The molecule has 0 fully saturated rings. The minimum absolute atomic E-state index is 0.00926. The molecule has 5 heteroatoms. The summed E-state index contributed by atoms with van der Waals surface area (Å²) in [5.41, 5.74) is 4.74. The number of nitrogens with zero attached hydrogens (tertiary/aromatic N) is 1. The number of nitrogens with two attached hydrogens (primary N) is 1. The zero-order valence-corrected chi connectivity index (χ0v) is 7.67. The van der Waals surface area contributed by atoms with Crippen LogP contribution < -0.4 is 5.73 Å². The van der Waals surface area contributed by atoms with Crippen molar-refractivity contribution in [1.29, 1.82) is 0 Å². The van der Waals surface area contributed by atoms with Crippen LogP contribution in [-0.4, -0.2) is 11.0 Å². The molecule has 1 aromatic heterocycles. The van der Waals surface area contributed by atoms with Crippen LogP contribution in [-0.2, 0) is 12.6 Å². The Bertz CT molecular complexity index is 307. The van der Waals surface area contributed by atoms with Crippen molar-refractivity contribution in [1.82, 2.24) is 4.98 Å². The van der Waals surface area contributed by atoms with Crippen molar-refractivity contribution in [2.45, 2.75) is 25.6 Å². The number of aromatic nitrogens is 1. The maximum absolute atomic E-state index is 12.4. The molecule has 0 amide bonds. The van der Waals surface area contributed by atoms with Crippen LogP contribution in [0.1, 0.15) is 18.2 Å². The van der Waals surface area contributed by atoms with E-state index in [1.54, 1.807) is 6.92 Å². The topological polar surface area (TPSA) is 38.9 Å². The van der Waals surface area contributed by atoms with Crippen LogP contribution in [0, 0.1) is 0 Å². The molecule has 0 saturated heterocycles. The Balaban J connectivity index is 3.04. The quantitative estimate of drug-likeness (QED) is 0.800. The van der Waals surface area contributed by atoms with Crippen LogP contribution in [0.25, 0.3) is 0 Å². The second-order valence-corrected chi connectivity index (χ2v) is 3.18.